The topological polar surface area (TPSA) is 0 Å². The van der Waals surface area contributed by atoms with Crippen molar-refractivity contribution >= 4 is 0 Å². The van der Waals surface area contributed by atoms with Crippen LogP contribution in [-0.4, -0.2) is 0 Å². The van der Waals surface area contributed by atoms with Crippen molar-refractivity contribution < 1.29 is 0 Å². The number of hydrogen-bond donors (Lipinski definition) is 0. The van der Waals surface area contributed by atoms with Crippen LogP contribution in [0.4, 0.5) is 0 Å². The molecule has 0 amide bonds. The third kappa shape index (κ3) is 7.30. The predicted molar refractivity (Wildman–Crippen MR) is 75.7 cm³/mol. The molecule has 0 saturated carbocycles. The molecule has 0 heteroatoms. The first-order valence-corrected chi connectivity index (χ1v) is 7.25. The second kappa shape index (κ2) is 7.35. The molecule has 0 bridgehead atoms. The molecule has 1 atom stereocenters. The van der Waals surface area contributed by atoms with Gasteiger partial charge < -0.3 is 0 Å². The molecule has 0 saturated heterocycles. The quantitative estimate of drug-likeness (QED) is 0.451. The van der Waals surface area contributed by atoms with Crippen molar-refractivity contribution in [3.05, 3.63) is 0 Å². The molecule has 1 unspecified atom stereocenters. The normalized spacial score (nSPS) is 14.8. The average Bonchev–Trinajstić information content (AvgIpc) is 2.11. The standard InChI is InChI=1S/C16H34/c1-13(2)10-8-9-11-15(5)12-16(6,7)14(3)4/h13-15H,8-12H2,1-7H3. The lowest BCUT2D eigenvalue weighted by molar-refractivity contribution is 0.187. The minimum absolute atomic E-state index is 0.511. The Morgan fingerprint density at radius 3 is 1.75 bits per heavy atom. The Balaban J connectivity index is 3.70. The van der Waals surface area contributed by atoms with Crippen molar-refractivity contribution in [2.75, 3.05) is 0 Å². The maximum atomic E-state index is 2.43. The van der Waals surface area contributed by atoms with Crippen molar-refractivity contribution in [3.63, 3.8) is 0 Å². The Hall–Kier alpha value is 0. The van der Waals surface area contributed by atoms with Crippen molar-refractivity contribution in [1.82, 2.24) is 0 Å². The molecule has 0 aliphatic carbocycles. The SMILES string of the molecule is CC(C)CCCCC(C)CC(C)(C)C(C)C. The van der Waals surface area contributed by atoms with Gasteiger partial charge in [0.1, 0.15) is 0 Å². The lowest BCUT2D eigenvalue weighted by Gasteiger charge is -2.32. The van der Waals surface area contributed by atoms with Gasteiger partial charge in [-0.15, -0.1) is 0 Å². The van der Waals surface area contributed by atoms with Crippen LogP contribution >= 0.6 is 0 Å². The molecule has 0 aromatic rings. The fourth-order valence-corrected chi connectivity index (χ4v) is 2.28. The highest BCUT2D eigenvalue weighted by Crippen LogP contribution is 2.34. The monoisotopic (exact) mass is 226 g/mol. The smallest absolute Gasteiger partial charge is 0.0329 e. The van der Waals surface area contributed by atoms with E-state index in [1.807, 2.05) is 0 Å². The Bertz CT molecular complexity index is 165. The Labute approximate surface area is 104 Å². The first-order chi connectivity index (χ1) is 7.25. The van der Waals surface area contributed by atoms with E-state index in [-0.39, 0.29) is 0 Å². The second-order valence-electron chi connectivity index (χ2n) is 7.13. The van der Waals surface area contributed by atoms with E-state index in [1.54, 1.807) is 0 Å². The fraction of sp³-hybridized carbons (Fsp3) is 1.00. The predicted octanol–water partition coefficient (Wildman–Crippen LogP) is 5.91. The summed E-state index contributed by atoms with van der Waals surface area (Å²) in [5.41, 5.74) is 0.511. The molecule has 0 aliphatic heterocycles. The van der Waals surface area contributed by atoms with Gasteiger partial charge in [-0.2, -0.15) is 0 Å². The summed E-state index contributed by atoms with van der Waals surface area (Å²) in [6.45, 7) is 16.6. The van der Waals surface area contributed by atoms with Gasteiger partial charge in [0, 0.05) is 0 Å². The van der Waals surface area contributed by atoms with E-state index in [0.29, 0.717) is 5.41 Å². The van der Waals surface area contributed by atoms with Crippen LogP contribution in [0.25, 0.3) is 0 Å². The highest BCUT2D eigenvalue weighted by molar-refractivity contribution is 4.75. The molecule has 0 N–H and O–H groups in total. The molecule has 0 nitrogen and oxygen atoms in total. The van der Waals surface area contributed by atoms with Gasteiger partial charge >= 0.3 is 0 Å². The maximum absolute atomic E-state index is 2.43. The number of hydrogen-bond acceptors (Lipinski definition) is 0. The largest absolute Gasteiger partial charge is 0.0628 e. The van der Waals surface area contributed by atoms with E-state index in [0.717, 1.165) is 17.8 Å². The fourth-order valence-electron chi connectivity index (χ4n) is 2.28. The minimum atomic E-state index is 0.511. The zero-order valence-electron chi connectivity index (χ0n) is 12.8. The van der Waals surface area contributed by atoms with E-state index >= 15 is 0 Å². The number of unbranched alkanes of at least 4 members (excludes halogenated alkanes) is 1. The Morgan fingerprint density at radius 1 is 0.812 bits per heavy atom. The van der Waals surface area contributed by atoms with Crippen LogP contribution in [0.1, 0.15) is 80.6 Å². The molecule has 0 aromatic heterocycles. The van der Waals surface area contributed by atoms with Crippen LogP contribution in [0.5, 0.6) is 0 Å². The summed E-state index contributed by atoms with van der Waals surface area (Å²) in [7, 11) is 0. The minimum Gasteiger partial charge on any atom is -0.0628 e. The molecular weight excluding hydrogens is 192 g/mol. The summed E-state index contributed by atoms with van der Waals surface area (Å²) in [5.74, 6) is 2.57. The van der Waals surface area contributed by atoms with Crippen molar-refractivity contribution in [3.8, 4) is 0 Å². The van der Waals surface area contributed by atoms with E-state index in [1.165, 1.54) is 32.1 Å². The van der Waals surface area contributed by atoms with Crippen molar-refractivity contribution in [1.29, 1.82) is 0 Å². The molecule has 16 heavy (non-hydrogen) atoms. The summed E-state index contributed by atoms with van der Waals surface area (Å²) in [6, 6.07) is 0. The van der Waals surface area contributed by atoms with Crippen LogP contribution in [0.3, 0.4) is 0 Å². The van der Waals surface area contributed by atoms with E-state index in [4.69, 9.17) is 0 Å². The van der Waals surface area contributed by atoms with E-state index < -0.39 is 0 Å². The summed E-state index contributed by atoms with van der Waals surface area (Å²) in [6.07, 6.45) is 7.05. The van der Waals surface area contributed by atoms with Gasteiger partial charge in [-0.1, -0.05) is 74.1 Å². The van der Waals surface area contributed by atoms with Crippen LogP contribution in [0.15, 0.2) is 0 Å². The van der Waals surface area contributed by atoms with Crippen LogP contribution in [0, 0.1) is 23.2 Å². The average molecular weight is 226 g/mol. The molecule has 0 aromatic carbocycles. The molecule has 98 valence electrons. The molecule has 0 heterocycles. The molecule has 0 radical (unpaired) electrons. The number of rotatable bonds is 8. The Kier molecular flexibility index (Phi) is 7.35. The van der Waals surface area contributed by atoms with Gasteiger partial charge in [-0.25, -0.2) is 0 Å². The summed E-state index contributed by atoms with van der Waals surface area (Å²) < 4.78 is 0. The molecule has 0 rings (SSSR count). The highest BCUT2D eigenvalue weighted by atomic mass is 14.3. The van der Waals surface area contributed by atoms with Gasteiger partial charge in [0.05, 0.1) is 0 Å². The molecule has 0 fully saturated rings. The Morgan fingerprint density at radius 2 is 1.31 bits per heavy atom. The van der Waals surface area contributed by atoms with Gasteiger partial charge in [0.15, 0.2) is 0 Å². The van der Waals surface area contributed by atoms with E-state index in [2.05, 4.69) is 48.5 Å². The van der Waals surface area contributed by atoms with Crippen molar-refractivity contribution in [2.24, 2.45) is 23.2 Å². The van der Waals surface area contributed by atoms with Gasteiger partial charge in [-0.05, 0) is 29.6 Å². The summed E-state index contributed by atoms with van der Waals surface area (Å²) in [5, 5.41) is 0. The molecular formula is C16H34. The zero-order chi connectivity index (χ0) is 12.8. The van der Waals surface area contributed by atoms with Gasteiger partial charge in [0.2, 0.25) is 0 Å². The van der Waals surface area contributed by atoms with Crippen LogP contribution in [0.2, 0.25) is 0 Å². The van der Waals surface area contributed by atoms with E-state index in [9.17, 15) is 0 Å². The maximum Gasteiger partial charge on any atom is -0.0329 e. The van der Waals surface area contributed by atoms with Crippen molar-refractivity contribution in [2.45, 2.75) is 80.6 Å². The summed E-state index contributed by atoms with van der Waals surface area (Å²) in [4.78, 5) is 0. The first-order valence-electron chi connectivity index (χ1n) is 7.25. The van der Waals surface area contributed by atoms with Crippen LogP contribution in [-0.2, 0) is 0 Å². The first kappa shape index (κ1) is 16.0. The van der Waals surface area contributed by atoms with Gasteiger partial charge in [-0.3, -0.25) is 0 Å². The zero-order valence-corrected chi connectivity index (χ0v) is 12.8. The molecule has 0 spiro atoms. The highest BCUT2D eigenvalue weighted by Gasteiger charge is 2.24. The van der Waals surface area contributed by atoms with Gasteiger partial charge in [0.25, 0.3) is 0 Å². The lowest BCUT2D eigenvalue weighted by Crippen LogP contribution is -2.22. The third-order valence-corrected chi connectivity index (χ3v) is 4.17. The summed E-state index contributed by atoms with van der Waals surface area (Å²) >= 11 is 0. The molecule has 0 aliphatic rings. The second-order valence-corrected chi connectivity index (χ2v) is 7.13. The lowest BCUT2D eigenvalue weighted by atomic mass is 9.74. The van der Waals surface area contributed by atoms with Crippen LogP contribution < -0.4 is 0 Å². The third-order valence-electron chi connectivity index (χ3n) is 4.17.